The normalized spacial score (nSPS) is 31.8. The number of H-pyrrole nitrogens is 1. The highest BCUT2D eigenvalue weighted by Crippen LogP contribution is 2.30. The number of aromatic nitrogens is 2. The van der Waals surface area contributed by atoms with E-state index in [0.717, 1.165) is 4.57 Å². The number of rotatable bonds is 2. The van der Waals surface area contributed by atoms with Crippen LogP contribution >= 0.6 is 0 Å². The van der Waals surface area contributed by atoms with Crippen LogP contribution in [0.2, 0.25) is 0 Å². The molecule has 1 saturated heterocycles. The van der Waals surface area contributed by atoms with Crippen molar-refractivity contribution in [2.75, 3.05) is 13.2 Å². The van der Waals surface area contributed by atoms with Gasteiger partial charge < -0.3 is 20.1 Å². The fourth-order valence-corrected chi connectivity index (χ4v) is 1.82. The summed E-state index contributed by atoms with van der Waals surface area (Å²) in [7, 11) is 0. The Morgan fingerprint density at radius 2 is 2.28 bits per heavy atom. The van der Waals surface area contributed by atoms with E-state index in [1.807, 2.05) is 0 Å². The van der Waals surface area contributed by atoms with E-state index in [1.54, 1.807) is 0 Å². The maximum Gasteiger partial charge on any atom is 0.330 e. The van der Waals surface area contributed by atoms with Crippen LogP contribution in [0.5, 0.6) is 0 Å². The van der Waals surface area contributed by atoms with Crippen LogP contribution in [0.3, 0.4) is 0 Å². The lowest BCUT2D eigenvalue weighted by atomic mass is 10.0. The van der Waals surface area contributed by atoms with Crippen molar-refractivity contribution in [1.82, 2.24) is 9.55 Å². The van der Waals surface area contributed by atoms with E-state index >= 15 is 0 Å². The topological polar surface area (TPSA) is 125 Å². The van der Waals surface area contributed by atoms with Gasteiger partial charge in [-0.3, -0.25) is 14.3 Å². The number of hydrogen-bond donors (Lipinski definition) is 4. The first kappa shape index (κ1) is 13.0. The van der Waals surface area contributed by atoms with E-state index in [0.29, 0.717) is 0 Å². The maximum absolute atomic E-state index is 11.6. The second kappa shape index (κ2) is 4.32. The molecule has 1 fully saturated rings. The summed E-state index contributed by atoms with van der Waals surface area (Å²) in [4.78, 5) is 24.9. The lowest BCUT2D eigenvalue weighted by Crippen LogP contribution is -2.47. The number of aromatic amines is 1. The van der Waals surface area contributed by atoms with Gasteiger partial charge in [-0.25, -0.2) is 4.79 Å². The highest BCUT2D eigenvalue weighted by Gasteiger charge is 2.48. The minimum atomic E-state index is -1.81. The van der Waals surface area contributed by atoms with Crippen LogP contribution in [0, 0.1) is 6.92 Å². The van der Waals surface area contributed by atoms with Gasteiger partial charge in [-0.1, -0.05) is 0 Å². The molecule has 0 spiro atoms. The zero-order valence-corrected chi connectivity index (χ0v) is 9.66. The third-order valence-corrected chi connectivity index (χ3v) is 3.02. The summed E-state index contributed by atoms with van der Waals surface area (Å²) in [6, 6.07) is 0. The van der Waals surface area contributed by atoms with Crippen LogP contribution in [0.15, 0.2) is 15.8 Å². The molecule has 1 aromatic heterocycles. The minimum absolute atomic E-state index is 0.268. The van der Waals surface area contributed by atoms with Crippen molar-refractivity contribution in [3.8, 4) is 0 Å². The van der Waals surface area contributed by atoms with E-state index in [4.69, 9.17) is 9.84 Å². The molecule has 2 rings (SSSR count). The number of aliphatic hydroxyl groups is 3. The van der Waals surface area contributed by atoms with E-state index < -0.39 is 35.8 Å². The van der Waals surface area contributed by atoms with Gasteiger partial charge in [0, 0.05) is 11.8 Å². The van der Waals surface area contributed by atoms with Crippen molar-refractivity contribution in [3.05, 3.63) is 32.6 Å². The average Bonchev–Trinajstić information content (AvgIpc) is 2.62. The van der Waals surface area contributed by atoms with Crippen molar-refractivity contribution < 1.29 is 20.1 Å². The minimum Gasteiger partial charge on any atom is -0.393 e. The monoisotopic (exact) mass is 258 g/mol. The molecule has 8 nitrogen and oxygen atoms in total. The number of aliphatic hydroxyl groups excluding tert-OH is 2. The molecule has 0 aromatic carbocycles. The molecule has 4 N–H and O–H groups in total. The fraction of sp³-hybridized carbons (Fsp3) is 0.600. The first-order valence-electron chi connectivity index (χ1n) is 5.34. The molecule has 8 heteroatoms. The maximum atomic E-state index is 11.6. The summed E-state index contributed by atoms with van der Waals surface area (Å²) in [5.41, 5.74) is -2.82. The predicted molar refractivity (Wildman–Crippen MR) is 59.1 cm³/mol. The molecule has 1 aliphatic heterocycles. The molecule has 0 bridgehead atoms. The molecule has 0 aliphatic carbocycles. The lowest BCUT2D eigenvalue weighted by Gasteiger charge is -2.24. The smallest absolute Gasteiger partial charge is 0.330 e. The van der Waals surface area contributed by atoms with E-state index in [9.17, 15) is 19.8 Å². The Morgan fingerprint density at radius 3 is 2.83 bits per heavy atom. The second-order valence-electron chi connectivity index (χ2n) is 4.39. The van der Waals surface area contributed by atoms with Crippen LogP contribution in [0.25, 0.3) is 0 Å². The summed E-state index contributed by atoms with van der Waals surface area (Å²) in [5, 5.41) is 28.7. The first-order chi connectivity index (χ1) is 8.39. The van der Waals surface area contributed by atoms with E-state index in [2.05, 4.69) is 4.98 Å². The number of hydrogen-bond acceptors (Lipinski definition) is 6. The van der Waals surface area contributed by atoms with Gasteiger partial charge in [-0.05, 0) is 6.92 Å². The average molecular weight is 258 g/mol. The summed E-state index contributed by atoms with van der Waals surface area (Å²) < 4.78 is 6.10. The Morgan fingerprint density at radius 1 is 1.61 bits per heavy atom. The van der Waals surface area contributed by atoms with Crippen molar-refractivity contribution in [3.63, 3.8) is 0 Å². The number of ether oxygens (including phenoxy) is 1. The number of aryl methyl sites for hydroxylation is 1. The van der Waals surface area contributed by atoms with Crippen LogP contribution in [0.4, 0.5) is 0 Å². The van der Waals surface area contributed by atoms with Gasteiger partial charge in [-0.15, -0.1) is 0 Å². The van der Waals surface area contributed by atoms with Crippen molar-refractivity contribution in [2.24, 2.45) is 0 Å². The molecule has 2 heterocycles. The number of nitrogens with one attached hydrogen (secondary N) is 1. The summed E-state index contributed by atoms with van der Waals surface area (Å²) >= 11 is 0. The van der Waals surface area contributed by atoms with E-state index in [-0.39, 0.29) is 12.2 Å². The predicted octanol–water partition coefficient (Wildman–Crippen LogP) is -2.54. The molecule has 0 radical (unpaired) electrons. The Bertz CT molecular complexity index is 564. The van der Waals surface area contributed by atoms with Crippen molar-refractivity contribution in [2.45, 2.75) is 24.9 Å². The van der Waals surface area contributed by atoms with E-state index in [1.165, 1.54) is 13.1 Å². The molecule has 1 aliphatic rings. The molecular formula is C10H14N2O6. The zero-order chi connectivity index (χ0) is 13.5. The van der Waals surface area contributed by atoms with Gasteiger partial charge in [0.05, 0.1) is 13.2 Å². The number of nitrogens with zero attached hydrogens (tertiary/aromatic N) is 1. The standard InChI is InChI=1S/C10H14N2O6/c1-5-2-12(9(16)11-7(5)15)8-6(14)10(17,3-13)4-18-8/h2,6,8,13-14,17H,3-4H2,1H3,(H,11,15,16)/t6-,8+,10-/m0/s1. The molecular weight excluding hydrogens is 244 g/mol. The molecule has 18 heavy (non-hydrogen) atoms. The van der Waals surface area contributed by atoms with Crippen LogP contribution in [-0.2, 0) is 4.74 Å². The second-order valence-corrected chi connectivity index (χ2v) is 4.39. The fourth-order valence-electron chi connectivity index (χ4n) is 1.82. The van der Waals surface area contributed by atoms with Gasteiger partial charge >= 0.3 is 5.69 Å². The van der Waals surface area contributed by atoms with Gasteiger partial charge in [0.1, 0.15) is 11.7 Å². The third kappa shape index (κ3) is 1.89. The molecule has 1 aromatic rings. The molecule has 3 atom stereocenters. The molecule has 0 saturated carbocycles. The largest absolute Gasteiger partial charge is 0.393 e. The third-order valence-electron chi connectivity index (χ3n) is 3.02. The van der Waals surface area contributed by atoms with Crippen molar-refractivity contribution >= 4 is 0 Å². The van der Waals surface area contributed by atoms with Gasteiger partial charge in [0.2, 0.25) is 0 Å². The zero-order valence-electron chi connectivity index (χ0n) is 9.66. The van der Waals surface area contributed by atoms with Crippen LogP contribution in [-0.4, -0.2) is 49.8 Å². The molecule has 0 amide bonds. The van der Waals surface area contributed by atoms with Gasteiger partial charge in [0.25, 0.3) is 5.56 Å². The SMILES string of the molecule is Cc1cn([C@@H]2OC[C@@](O)(CO)[C@H]2O)c(=O)[nH]c1=O. The molecule has 100 valence electrons. The van der Waals surface area contributed by atoms with Gasteiger partial charge in [-0.2, -0.15) is 0 Å². The lowest BCUT2D eigenvalue weighted by molar-refractivity contribution is -0.0882. The molecule has 0 unspecified atom stereocenters. The highest BCUT2D eigenvalue weighted by molar-refractivity contribution is 5.04. The van der Waals surface area contributed by atoms with Crippen molar-refractivity contribution in [1.29, 1.82) is 0 Å². The Balaban J connectivity index is 2.43. The first-order valence-corrected chi connectivity index (χ1v) is 5.34. The Hall–Kier alpha value is -1.48. The Labute approximate surface area is 101 Å². The summed E-state index contributed by atoms with van der Waals surface area (Å²) in [5.74, 6) is 0. The quantitative estimate of drug-likeness (QED) is 0.463. The summed E-state index contributed by atoms with van der Waals surface area (Å²) in [6.07, 6.45) is -1.38. The highest BCUT2D eigenvalue weighted by atomic mass is 16.6. The van der Waals surface area contributed by atoms with Crippen LogP contribution in [0.1, 0.15) is 11.8 Å². The van der Waals surface area contributed by atoms with Crippen LogP contribution < -0.4 is 11.2 Å². The summed E-state index contributed by atoms with van der Waals surface area (Å²) in [6.45, 7) is 0.496. The Kier molecular flexibility index (Phi) is 3.11. The van der Waals surface area contributed by atoms with Gasteiger partial charge in [0.15, 0.2) is 6.23 Å².